The van der Waals surface area contributed by atoms with Crippen LogP contribution < -0.4 is 4.74 Å². The number of aromatic nitrogens is 1. The number of benzene rings is 1. The van der Waals surface area contributed by atoms with Crippen LogP contribution in [-0.4, -0.2) is 35.4 Å². The lowest BCUT2D eigenvalue weighted by Crippen LogP contribution is -2.34. The summed E-state index contributed by atoms with van der Waals surface area (Å²) in [5.74, 6) is 0.624. The highest BCUT2D eigenvalue weighted by atomic mass is 16.5. The van der Waals surface area contributed by atoms with Crippen LogP contribution in [0.5, 0.6) is 5.75 Å². The van der Waals surface area contributed by atoms with E-state index in [4.69, 9.17) is 4.74 Å². The maximum atomic E-state index is 12.5. The summed E-state index contributed by atoms with van der Waals surface area (Å²) in [5.41, 5.74) is 3.48. The van der Waals surface area contributed by atoms with Crippen LogP contribution in [0, 0.1) is 19.3 Å². The summed E-state index contributed by atoms with van der Waals surface area (Å²) in [5, 5.41) is 0. The second-order valence-corrected chi connectivity index (χ2v) is 8.00. The fourth-order valence-corrected chi connectivity index (χ4v) is 3.85. The molecule has 0 unspecified atom stereocenters. The summed E-state index contributed by atoms with van der Waals surface area (Å²) in [7, 11) is 1.57. The highest BCUT2D eigenvalue weighted by Gasteiger charge is 2.50. The summed E-state index contributed by atoms with van der Waals surface area (Å²) in [6.45, 7) is 8.42. The summed E-state index contributed by atoms with van der Waals surface area (Å²) in [4.78, 5) is 30.1. The van der Waals surface area contributed by atoms with Crippen LogP contribution in [-0.2, 0) is 16.0 Å². The van der Waals surface area contributed by atoms with E-state index in [-0.39, 0.29) is 24.2 Å². The summed E-state index contributed by atoms with van der Waals surface area (Å²) < 4.78 is 5.86. The van der Waals surface area contributed by atoms with Crippen LogP contribution in [0.1, 0.15) is 48.7 Å². The van der Waals surface area contributed by atoms with Gasteiger partial charge in [-0.3, -0.25) is 19.5 Å². The molecule has 0 radical (unpaired) electrons. The molecule has 0 aliphatic carbocycles. The molecule has 1 aromatic carbocycles. The second kappa shape index (κ2) is 7.74. The number of imide groups is 1. The number of amides is 2. The molecule has 28 heavy (non-hydrogen) atoms. The van der Waals surface area contributed by atoms with Crippen molar-refractivity contribution in [2.45, 2.75) is 46.5 Å². The first-order chi connectivity index (χ1) is 13.2. The molecule has 2 heterocycles. The lowest BCUT2D eigenvalue weighted by atomic mass is 9.73. The van der Waals surface area contributed by atoms with Crippen molar-refractivity contribution in [2.75, 3.05) is 13.7 Å². The van der Waals surface area contributed by atoms with Crippen molar-refractivity contribution in [3.05, 3.63) is 58.9 Å². The Labute approximate surface area is 166 Å². The van der Waals surface area contributed by atoms with E-state index in [9.17, 15) is 9.59 Å². The Morgan fingerprint density at radius 1 is 1.14 bits per heavy atom. The van der Waals surface area contributed by atoms with E-state index < -0.39 is 5.41 Å². The number of carbonyl (C=O) groups is 2. The van der Waals surface area contributed by atoms with Gasteiger partial charge < -0.3 is 4.74 Å². The minimum atomic E-state index is -0.673. The molecule has 0 bridgehead atoms. The Kier molecular flexibility index (Phi) is 5.54. The van der Waals surface area contributed by atoms with Crippen LogP contribution in [0.15, 0.2) is 36.4 Å². The molecule has 2 atom stereocenters. The summed E-state index contributed by atoms with van der Waals surface area (Å²) >= 11 is 0. The van der Waals surface area contributed by atoms with Crippen molar-refractivity contribution in [2.24, 2.45) is 5.41 Å². The summed E-state index contributed by atoms with van der Waals surface area (Å²) in [6.07, 6.45) is 1.07. The number of nitrogens with zero attached hydrogens (tertiary/aromatic N) is 2. The fourth-order valence-electron chi connectivity index (χ4n) is 3.85. The second-order valence-electron chi connectivity index (χ2n) is 8.00. The van der Waals surface area contributed by atoms with Gasteiger partial charge in [0, 0.05) is 43.4 Å². The predicted molar refractivity (Wildman–Crippen MR) is 108 cm³/mol. The first-order valence-electron chi connectivity index (χ1n) is 9.68. The first kappa shape index (κ1) is 20.1. The number of carbonyl (C=O) groups excluding carboxylic acids is 2. The van der Waals surface area contributed by atoms with Gasteiger partial charge in [-0.15, -0.1) is 0 Å². The van der Waals surface area contributed by atoms with E-state index >= 15 is 0 Å². The van der Waals surface area contributed by atoms with Crippen molar-refractivity contribution < 1.29 is 14.3 Å². The number of aryl methyl sites for hydroxylation is 2. The zero-order chi connectivity index (χ0) is 20.5. The van der Waals surface area contributed by atoms with Crippen molar-refractivity contribution in [3.8, 4) is 5.75 Å². The summed E-state index contributed by atoms with van der Waals surface area (Å²) in [6, 6.07) is 12.1. The maximum absolute atomic E-state index is 12.5. The number of rotatable bonds is 6. The first-order valence-corrected chi connectivity index (χ1v) is 9.68. The molecule has 1 saturated heterocycles. The average molecular weight is 380 g/mol. The lowest BCUT2D eigenvalue weighted by molar-refractivity contribution is -0.139. The van der Waals surface area contributed by atoms with Gasteiger partial charge >= 0.3 is 0 Å². The quantitative estimate of drug-likeness (QED) is 0.715. The maximum Gasteiger partial charge on any atom is 0.235 e. The zero-order valence-electron chi connectivity index (χ0n) is 17.3. The molecular formula is C23H28N2O3. The number of ether oxygens (including phenoxy) is 1. The topological polar surface area (TPSA) is 59.5 Å². The molecule has 0 saturated carbocycles. The number of hydrogen-bond acceptors (Lipinski definition) is 4. The largest absolute Gasteiger partial charge is 0.493 e. The lowest BCUT2D eigenvalue weighted by Gasteiger charge is -2.29. The molecule has 0 spiro atoms. The fraction of sp³-hybridized carbons (Fsp3) is 0.435. The Balaban J connectivity index is 1.62. The molecule has 5 nitrogen and oxygen atoms in total. The SMILES string of the molecule is Cc1cc(OCCc2ccc([C@@H](C)[C@]3(C)CC(=O)N(C)C3=O)cc2)cc(C)n1. The Bertz CT molecular complexity index is 871. The van der Waals surface area contributed by atoms with Crippen LogP contribution in [0.2, 0.25) is 0 Å². The van der Waals surface area contributed by atoms with Crippen molar-refractivity contribution in [3.63, 3.8) is 0 Å². The van der Waals surface area contributed by atoms with E-state index in [1.807, 2.05) is 39.8 Å². The van der Waals surface area contributed by atoms with Crippen LogP contribution in [0.3, 0.4) is 0 Å². The third-order valence-corrected chi connectivity index (χ3v) is 5.84. The van der Waals surface area contributed by atoms with Crippen LogP contribution >= 0.6 is 0 Å². The van der Waals surface area contributed by atoms with Gasteiger partial charge in [-0.2, -0.15) is 0 Å². The van der Waals surface area contributed by atoms with Gasteiger partial charge in [0.1, 0.15) is 5.75 Å². The molecule has 1 aromatic heterocycles. The third kappa shape index (κ3) is 3.93. The van der Waals surface area contributed by atoms with Crippen molar-refractivity contribution in [1.82, 2.24) is 9.88 Å². The van der Waals surface area contributed by atoms with Gasteiger partial charge in [0.25, 0.3) is 0 Å². The van der Waals surface area contributed by atoms with Crippen molar-refractivity contribution in [1.29, 1.82) is 0 Å². The van der Waals surface area contributed by atoms with E-state index in [0.29, 0.717) is 6.61 Å². The van der Waals surface area contributed by atoms with E-state index in [1.54, 1.807) is 7.05 Å². The predicted octanol–water partition coefficient (Wildman–Crippen LogP) is 3.82. The molecular weight excluding hydrogens is 352 g/mol. The minimum absolute atomic E-state index is 0.0260. The van der Waals surface area contributed by atoms with Crippen molar-refractivity contribution >= 4 is 11.8 Å². The van der Waals surface area contributed by atoms with Gasteiger partial charge in [0.15, 0.2) is 0 Å². The molecule has 1 fully saturated rings. The van der Waals surface area contributed by atoms with Gasteiger partial charge in [0.05, 0.1) is 12.0 Å². The minimum Gasteiger partial charge on any atom is -0.493 e. The Hall–Kier alpha value is -2.69. The third-order valence-electron chi connectivity index (χ3n) is 5.84. The van der Waals surface area contributed by atoms with Gasteiger partial charge in [-0.25, -0.2) is 0 Å². The van der Waals surface area contributed by atoms with Crippen LogP contribution in [0.4, 0.5) is 0 Å². The molecule has 1 aliphatic rings. The highest BCUT2D eigenvalue weighted by molar-refractivity contribution is 6.05. The molecule has 3 rings (SSSR count). The Morgan fingerprint density at radius 2 is 1.75 bits per heavy atom. The normalized spacial score (nSPS) is 20.5. The molecule has 1 aliphatic heterocycles. The zero-order valence-corrected chi connectivity index (χ0v) is 17.3. The smallest absolute Gasteiger partial charge is 0.235 e. The highest BCUT2D eigenvalue weighted by Crippen LogP contribution is 2.44. The standard InChI is InChI=1S/C23H28N2O3/c1-15-12-20(13-16(2)24-15)28-11-10-18-6-8-19(9-7-18)17(3)23(4)14-21(26)25(5)22(23)27/h6-9,12-13,17H,10-11,14H2,1-5H3/t17-,23+/m1/s1. The number of hydrogen-bond donors (Lipinski definition) is 0. The molecule has 5 heteroatoms. The molecule has 2 aromatic rings. The molecule has 148 valence electrons. The average Bonchev–Trinajstić information content (AvgIpc) is 2.85. The van der Waals surface area contributed by atoms with Gasteiger partial charge in [0.2, 0.25) is 11.8 Å². The van der Waals surface area contributed by atoms with Gasteiger partial charge in [-0.05, 0) is 37.8 Å². The van der Waals surface area contributed by atoms with E-state index in [0.717, 1.165) is 29.1 Å². The van der Waals surface area contributed by atoms with Crippen LogP contribution in [0.25, 0.3) is 0 Å². The van der Waals surface area contributed by atoms with E-state index in [1.165, 1.54) is 10.5 Å². The number of pyridine rings is 1. The van der Waals surface area contributed by atoms with Gasteiger partial charge in [-0.1, -0.05) is 31.2 Å². The number of likely N-dealkylation sites (tertiary alicyclic amines) is 1. The monoisotopic (exact) mass is 380 g/mol. The molecule has 0 N–H and O–H groups in total. The Morgan fingerprint density at radius 3 is 2.29 bits per heavy atom. The van der Waals surface area contributed by atoms with E-state index in [2.05, 4.69) is 29.2 Å². The molecule has 2 amide bonds.